The summed E-state index contributed by atoms with van der Waals surface area (Å²) in [6.45, 7) is 0.665. The van der Waals surface area contributed by atoms with Crippen molar-refractivity contribution in [3.8, 4) is 0 Å². The number of carbonyl (C=O) groups excluding carboxylic acids is 1. The van der Waals surface area contributed by atoms with Crippen molar-refractivity contribution in [2.45, 2.75) is 0 Å². The molecule has 0 aromatic carbocycles. The molecule has 0 aromatic rings. The molecule has 1 rings (SSSR count). The van der Waals surface area contributed by atoms with Crippen molar-refractivity contribution in [2.75, 3.05) is 12.4 Å². The van der Waals surface area contributed by atoms with E-state index in [4.69, 9.17) is 16.3 Å². The summed E-state index contributed by atoms with van der Waals surface area (Å²) in [6, 6.07) is 0. The summed E-state index contributed by atoms with van der Waals surface area (Å²) in [5.41, 5.74) is 0. The lowest BCUT2D eigenvalue weighted by molar-refractivity contribution is -0.108. The third-order valence-corrected chi connectivity index (χ3v) is 2.12. The molecule has 0 spiro atoms. The van der Waals surface area contributed by atoms with Gasteiger partial charge in [-0.3, -0.25) is 4.79 Å². The number of rotatable bonds is 1. The number of carbonyl (C=O) groups is 1. The number of allylic oxidation sites excluding steroid dienone is 1. The van der Waals surface area contributed by atoms with Crippen LogP contribution in [0.4, 0.5) is 0 Å². The fraction of sp³-hybridized carbons (Fsp3) is 0.400. The van der Waals surface area contributed by atoms with E-state index in [0.29, 0.717) is 11.5 Å². The molecule has 0 aromatic heterocycles. The van der Waals surface area contributed by atoms with Gasteiger partial charge < -0.3 is 4.74 Å². The SMILES string of the molecule is O=C(Cl)C1=COCCS1. The third kappa shape index (κ3) is 1.91. The minimum absolute atomic E-state index is 0.431. The van der Waals surface area contributed by atoms with Crippen molar-refractivity contribution in [2.24, 2.45) is 0 Å². The Morgan fingerprint density at radius 1 is 1.89 bits per heavy atom. The lowest BCUT2D eigenvalue weighted by Gasteiger charge is -2.08. The van der Waals surface area contributed by atoms with Crippen LogP contribution in [0.5, 0.6) is 0 Å². The van der Waals surface area contributed by atoms with Gasteiger partial charge in [-0.25, -0.2) is 0 Å². The van der Waals surface area contributed by atoms with E-state index in [1.54, 1.807) is 0 Å². The molecule has 1 aliphatic rings. The third-order valence-electron chi connectivity index (χ3n) is 0.843. The predicted octanol–water partition coefficient (Wildman–Crippen LogP) is 1.36. The Morgan fingerprint density at radius 2 is 2.67 bits per heavy atom. The molecule has 0 aliphatic carbocycles. The number of hydrogen-bond acceptors (Lipinski definition) is 3. The minimum Gasteiger partial charge on any atom is -0.499 e. The van der Waals surface area contributed by atoms with Crippen molar-refractivity contribution >= 4 is 28.6 Å². The van der Waals surface area contributed by atoms with E-state index in [-0.39, 0.29) is 0 Å². The number of hydrogen-bond donors (Lipinski definition) is 0. The maximum atomic E-state index is 10.4. The van der Waals surface area contributed by atoms with E-state index in [0.717, 1.165) is 5.75 Å². The largest absolute Gasteiger partial charge is 0.499 e. The van der Waals surface area contributed by atoms with Gasteiger partial charge in [-0.2, -0.15) is 0 Å². The molecule has 1 aliphatic heterocycles. The second kappa shape index (κ2) is 3.13. The molecular formula is C5H5ClO2S. The van der Waals surface area contributed by atoms with Gasteiger partial charge in [-0.1, -0.05) is 0 Å². The first-order valence-corrected chi connectivity index (χ1v) is 3.81. The summed E-state index contributed by atoms with van der Waals surface area (Å²) in [5, 5.41) is -0.431. The van der Waals surface area contributed by atoms with Crippen molar-refractivity contribution in [1.82, 2.24) is 0 Å². The first-order valence-electron chi connectivity index (χ1n) is 2.45. The number of thioether (sulfide) groups is 1. The highest BCUT2D eigenvalue weighted by molar-refractivity contribution is 8.04. The van der Waals surface area contributed by atoms with E-state index >= 15 is 0 Å². The maximum absolute atomic E-state index is 10.4. The van der Waals surface area contributed by atoms with Gasteiger partial charge in [0.05, 0.1) is 6.61 Å². The zero-order valence-electron chi connectivity index (χ0n) is 4.59. The highest BCUT2D eigenvalue weighted by Gasteiger charge is 2.10. The summed E-state index contributed by atoms with van der Waals surface area (Å²) < 4.78 is 4.86. The zero-order chi connectivity index (χ0) is 6.69. The van der Waals surface area contributed by atoms with Crippen LogP contribution in [-0.2, 0) is 9.53 Å². The van der Waals surface area contributed by atoms with Gasteiger partial charge in [0.25, 0.3) is 5.24 Å². The van der Waals surface area contributed by atoms with E-state index in [1.165, 1.54) is 18.0 Å². The van der Waals surface area contributed by atoms with Gasteiger partial charge in [0.15, 0.2) is 0 Å². The van der Waals surface area contributed by atoms with Gasteiger partial charge >= 0.3 is 0 Å². The number of ether oxygens (including phenoxy) is 1. The highest BCUT2D eigenvalue weighted by atomic mass is 35.5. The Kier molecular flexibility index (Phi) is 2.42. The van der Waals surface area contributed by atoms with E-state index in [2.05, 4.69) is 0 Å². The summed E-state index contributed by atoms with van der Waals surface area (Å²) in [4.78, 5) is 10.9. The predicted molar refractivity (Wildman–Crippen MR) is 37.4 cm³/mol. The molecule has 4 heteroatoms. The average Bonchev–Trinajstić information content (AvgIpc) is 1.90. The van der Waals surface area contributed by atoms with Gasteiger partial charge in [-0.05, 0) is 11.6 Å². The smallest absolute Gasteiger partial charge is 0.261 e. The molecule has 0 fully saturated rings. The topological polar surface area (TPSA) is 26.3 Å². The van der Waals surface area contributed by atoms with Crippen LogP contribution < -0.4 is 0 Å². The Balaban J connectivity index is 2.57. The van der Waals surface area contributed by atoms with E-state index in [9.17, 15) is 4.79 Å². The minimum atomic E-state index is -0.431. The molecule has 1 heterocycles. The van der Waals surface area contributed by atoms with Crippen LogP contribution in [0, 0.1) is 0 Å². The lowest BCUT2D eigenvalue weighted by atomic mass is 10.7. The fourth-order valence-corrected chi connectivity index (χ4v) is 1.33. The van der Waals surface area contributed by atoms with Crippen LogP contribution in [0.25, 0.3) is 0 Å². The van der Waals surface area contributed by atoms with Crippen LogP contribution >= 0.6 is 23.4 Å². The zero-order valence-corrected chi connectivity index (χ0v) is 6.17. The first kappa shape index (κ1) is 6.96. The van der Waals surface area contributed by atoms with Gasteiger partial charge in [0.1, 0.15) is 11.2 Å². The van der Waals surface area contributed by atoms with Gasteiger partial charge in [-0.15, -0.1) is 11.8 Å². The van der Waals surface area contributed by atoms with Gasteiger partial charge in [0.2, 0.25) is 0 Å². The monoisotopic (exact) mass is 164 g/mol. The van der Waals surface area contributed by atoms with Crippen molar-refractivity contribution < 1.29 is 9.53 Å². The van der Waals surface area contributed by atoms with Crippen molar-refractivity contribution in [3.63, 3.8) is 0 Å². The van der Waals surface area contributed by atoms with Crippen LogP contribution in [0.1, 0.15) is 0 Å². The summed E-state index contributed by atoms with van der Waals surface area (Å²) >= 11 is 6.57. The first-order chi connectivity index (χ1) is 4.30. The second-order valence-electron chi connectivity index (χ2n) is 1.48. The highest BCUT2D eigenvalue weighted by Crippen LogP contribution is 2.21. The Morgan fingerprint density at radius 3 is 3.00 bits per heavy atom. The molecule has 2 nitrogen and oxygen atoms in total. The quantitative estimate of drug-likeness (QED) is 0.548. The van der Waals surface area contributed by atoms with Crippen molar-refractivity contribution in [1.29, 1.82) is 0 Å². The van der Waals surface area contributed by atoms with Crippen LogP contribution in [0.3, 0.4) is 0 Å². The van der Waals surface area contributed by atoms with Gasteiger partial charge in [0, 0.05) is 5.75 Å². The standard InChI is InChI=1S/C5H5ClO2S/c6-5(7)4-3-8-1-2-9-4/h3H,1-2H2. The molecule has 0 saturated heterocycles. The molecule has 50 valence electrons. The maximum Gasteiger partial charge on any atom is 0.261 e. The normalized spacial score (nSPS) is 18.1. The fourth-order valence-electron chi connectivity index (χ4n) is 0.471. The van der Waals surface area contributed by atoms with Crippen LogP contribution in [0.15, 0.2) is 11.2 Å². The van der Waals surface area contributed by atoms with E-state index in [1.807, 2.05) is 0 Å². The molecule has 0 radical (unpaired) electrons. The second-order valence-corrected chi connectivity index (χ2v) is 2.96. The average molecular weight is 165 g/mol. The summed E-state index contributed by atoms with van der Waals surface area (Å²) in [7, 11) is 0. The van der Waals surface area contributed by atoms with Crippen molar-refractivity contribution in [3.05, 3.63) is 11.2 Å². The van der Waals surface area contributed by atoms with Crippen LogP contribution in [0.2, 0.25) is 0 Å². The molecule has 0 atom stereocenters. The molecule has 0 saturated carbocycles. The Bertz CT molecular complexity index is 155. The lowest BCUT2D eigenvalue weighted by Crippen LogP contribution is -2.02. The number of halogens is 1. The summed E-state index contributed by atoms with van der Waals surface area (Å²) in [5.74, 6) is 0.810. The molecular weight excluding hydrogens is 160 g/mol. The van der Waals surface area contributed by atoms with E-state index < -0.39 is 5.24 Å². The van der Waals surface area contributed by atoms with Crippen LogP contribution in [-0.4, -0.2) is 17.6 Å². The molecule has 9 heavy (non-hydrogen) atoms. The Hall–Kier alpha value is -0.150. The molecule has 0 bridgehead atoms. The molecule has 0 amide bonds. The Labute approximate surface area is 62.2 Å². The molecule has 0 unspecified atom stereocenters. The summed E-state index contributed by atoms with van der Waals surface area (Å²) in [6.07, 6.45) is 1.41. The molecule has 0 N–H and O–H groups in total.